The Bertz CT molecular complexity index is 287. The number of nitrogens with zero attached hydrogens (tertiary/aromatic N) is 2. The Labute approximate surface area is 76.5 Å². The van der Waals surface area contributed by atoms with E-state index in [0.29, 0.717) is 11.7 Å². The van der Waals surface area contributed by atoms with E-state index in [1.165, 1.54) is 0 Å². The average molecular weight is 183 g/mol. The van der Waals surface area contributed by atoms with Crippen molar-refractivity contribution in [1.29, 1.82) is 0 Å². The molecule has 1 aromatic heterocycles. The monoisotopic (exact) mass is 183 g/mol. The van der Waals surface area contributed by atoms with E-state index >= 15 is 0 Å². The first-order valence-corrected chi connectivity index (χ1v) is 4.36. The van der Waals surface area contributed by atoms with Gasteiger partial charge in [0.15, 0.2) is 5.82 Å². The van der Waals surface area contributed by atoms with E-state index in [2.05, 4.69) is 15.5 Å². The number of hydrogen-bond donors (Lipinski definition) is 1. The van der Waals surface area contributed by atoms with E-state index in [-0.39, 0.29) is 12.1 Å². The van der Waals surface area contributed by atoms with Gasteiger partial charge in [0.25, 0.3) is 0 Å². The van der Waals surface area contributed by atoms with Crippen molar-refractivity contribution in [3.05, 3.63) is 11.7 Å². The first-order valence-electron chi connectivity index (χ1n) is 4.36. The fourth-order valence-corrected chi connectivity index (χ4v) is 1.53. The van der Waals surface area contributed by atoms with Crippen LogP contribution in [0.4, 0.5) is 0 Å². The highest BCUT2D eigenvalue weighted by Crippen LogP contribution is 2.22. The lowest BCUT2D eigenvalue weighted by Gasteiger charge is -2.03. The minimum Gasteiger partial charge on any atom is -0.380 e. The van der Waals surface area contributed by atoms with Crippen molar-refractivity contribution in [2.45, 2.75) is 25.5 Å². The summed E-state index contributed by atoms with van der Waals surface area (Å²) < 4.78 is 10.3. The Hall–Kier alpha value is -0.940. The number of nitrogens with one attached hydrogen (secondary N) is 1. The van der Waals surface area contributed by atoms with Crippen LogP contribution in [-0.2, 0) is 4.74 Å². The molecule has 1 aromatic rings. The molecule has 0 aromatic carbocycles. The fraction of sp³-hybridized carbons (Fsp3) is 0.750. The van der Waals surface area contributed by atoms with Gasteiger partial charge in [0.05, 0.1) is 12.1 Å². The normalized spacial score (nSPS) is 28.2. The first kappa shape index (κ1) is 8.65. The molecule has 0 saturated carbocycles. The van der Waals surface area contributed by atoms with Crippen LogP contribution in [0.15, 0.2) is 4.52 Å². The van der Waals surface area contributed by atoms with Crippen molar-refractivity contribution in [1.82, 2.24) is 15.5 Å². The van der Waals surface area contributed by atoms with Crippen LogP contribution >= 0.6 is 0 Å². The third-order valence-corrected chi connectivity index (χ3v) is 2.27. The lowest BCUT2D eigenvalue weighted by atomic mass is 10.2. The summed E-state index contributed by atoms with van der Waals surface area (Å²) in [6.45, 7) is 2.67. The summed E-state index contributed by atoms with van der Waals surface area (Å²) in [5, 5.41) is 7.01. The number of aryl methyl sites for hydroxylation is 1. The van der Waals surface area contributed by atoms with Gasteiger partial charge in [-0.25, -0.2) is 0 Å². The molecule has 1 N–H and O–H groups in total. The molecule has 0 bridgehead atoms. The highest BCUT2D eigenvalue weighted by molar-refractivity contribution is 4.96. The Balaban J connectivity index is 2.03. The number of methoxy groups -OCH3 is 1. The third-order valence-electron chi connectivity index (χ3n) is 2.27. The predicted molar refractivity (Wildman–Crippen MR) is 45.2 cm³/mol. The summed E-state index contributed by atoms with van der Waals surface area (Å²) in [6, 6.07) is 0.158. The van der Waals surface area contributed by atoms with Gasteiger partial charge in [-0.1, -0.05) is 5.16 Å². The standard InChI is InChI=1S/C8H13N3O2/c1-5-10-8(13-11-5)7-3-6(12-2)4-9-7/h6-7,9H,3-4H2,1-2H3/t6-,7+/m1/s1. The van der Waals surface area contributed by atoms with E-state index < -0.39 is 0 Å². The topological polar surface area (TPSA) is 60.2 Å². The molecule has 0 radical (unpaired) electrons. The molecule has 1 saturated heterocycles. The molecule has 1 fully saturated rings. The van der Waals surface area contributed by atoms with Crippen molar-refractivity contribution < 1.29 is 9.26 Å². The summed E-state index contributed by atoms with van der Waals surface area (Å²) in [5.41, 5.74) is 0. The molecular formula is C8H13N3O2. The van der Waals surface area contributed by atoms with Gasteiger partial charge >= 0.3 is 0 Å². The average Bonchev–Trinajstić information content (AvgIpc) is 2.71. The van der Waals surface area contributed by atoms with Crippen LogP contribution in [0.1, 0.15) is 24.2 Å². The number of aromatic nitrogens is 2. The van der Waals surface area contributed by atoms with Crippen molar-refractivity contribution in [3.63, 3.8) is 0 Å². The number of ether oxygens (including phenoxy) is 1. The van der Waals surface area contributed by atoms with Gasteiger partial charge in [-0.15, -0.1) is 0 Å². The van der Waals surface area contributed by atoms with Gasteiger partial charge in [0.2, 0.25) is 5.89 Å². The first-order chi connectivity index (χ1) is 6.29. The molecular weight excluding hydrogens is 170 g/mol. The van der Waals surface area contributed by atoms with Gasteiger partial charge in [0.1, 0.15) is 0 Å². The van der Waals surface area contributed by atoms with Gasteiger partial charge < -0.3 is 14.6 Å². The second kappa shape index (κ2) is 3.43. The molecule has 5 nitrogen and oxygen atoms in total. The van der Waals surface area contributed by atoms with Gasteiger partial charge in [-0.2, -0.15) is 4.98 Å². The highest BCUT2D eigenvalue weighted by atomic mass is 16.5. The van der Waals surface area contributed by atoms with E-state index in [1.54, 1.807) is 7.11 Å². The van der Waals surface area contributed by atoms with Crippen molar-refractivity contribution >= 4 is 0 Å². The Morgan fingerprint density at radius 3 is 3.00 bits per heavy atom. The molecule has 2 rings (SSSR count). The van der Waals surface area contributed by atoms with E-state index in [0.717, 1.165) is 13.0 Å². The summed E-state index contributed by atoms with van der Waals surface area (Å²) >= 11 is 0. The second-order valence-electron chi connectivity index (χ2n) is 3.23. The van der Waals surface area contributed by atoms with Crippen molar-refractivity contribution in [3.8, 4) is 0 Å². The van der Waals surface area contributed by atoms with Gasteiger partial charge in [0, 0.05) is 13.7 Å². The van der Waals surface area contributed by atoms with Gasteiger partial charge in [-0.3, -0.25) is 0 Å². The zero-order valence-electron chi connectivity index (χ0n) is 7.78. The van der Waals surface area contributed by atoms with Crippen LogP contribution in [0.5, 0.6) is 0 Å². The SMILES string of the molecule is CO[C@H]1CN[C@H](c2nc(C)no2)C1. The van der Waals surface area contributed by atoms with Crippen LogP contribution in [0, 0.1) is 6.92 Å². The molecule has 72 valence electrons. The zero-order valence-corrected chi connectivity index (χ0v) is 7.78. The van der Waals surface area contributed by atoms with E-state index in [9.17, 15) is 0 Å². The number of rotatable bonds is 2. The van der Waals surface area contributed by atoms with Crippen molar-refractivity contribution in [2.24, 2.45) is 0 Å². The molecule has 0 spiro atoms. The minimum atomic E-state index is 0.158. The Kier molecular flexibility index (Phi) is 2.28. The molecule has 2 atom stereocenters. The predicted octanol–water partition coefficient (Wildman–Crippen LogP) is 0.427. The minimum absolute atomic E-state index is 0.158. The summed E-state index contributed by atoms with van der Waals surface area (Å²) in [6.07, 6.45) is 1.16. The molecule has 13 heavy (non-hydrogen) atoms. The highest BCUT2D eigenvalue weighted by Gasteiger charge is 2.28. The lowest BCUT2D eigenvalue weighted by Crippen LogP contribution is -2.16. The maximum atomic E-state index is 5.22. The third kappa shape index (κ3) is 1.71. The van der Waals surface area contributed by atoms with Crippen LogP contribution in [0.25, 0.3) is 0 Å². The fourth-order valence-electron chi connectivity index (χ4n) is 1.53. The summed E-state index contributed by atoms with van der Waals surface area (Å²) in [5.74, 6) is 1.34. The lowest BCUT2D eigenvalue weighted by molar-refractivity contribution is 0.116. The van der Waals surface area contributed by atoms with Crippen LogP contribution < -0.4 is 5.32 Å². The van der Waals surface area contributed by atoms with Crippen LogP contribution in [0.2, 0.25) is 0 Å². The largest absolute Gasteiger partial charge is 0.380 e. The number of hydrogen-bond acceptors (Lipinski definition) is 5. The molecule has 0 unspecified atom stereocenters. The molecule has 2 heterocycles. The molecule has 5 heteroatoms. The van der Waals surface area contributed by atoms with Crippen LogP contribution in [-0.4, -0.2) is 29.9 Å². The molecule has 1 aliphatic heterocycles. The Morgan fingerprint density at radius 1 is 1.62 bits per heavy atom. The van der Waals surface area contributed by atoms with Crippen molar-refractivity contribution in [2.75, 3.05) is 13.7 Å². The van der Waals surface area contributed by atoms with E-state index in [1.807, 2.05) is 6.92 Å². The second-order valence-corrected chi connectivity index (χ2v) is 3.23. The maximum Gasteiger partial charge on any atom is 0.243 e. The maximum absolute atomic E-state index is 5.22. The molecule has 1 aliphatic rings. The quantitative estimate of drug-likeness (QED) is 0.720. The summed E-state index contributed by atoms with van der Waals surface area (Å²) in [7, 11) is 1.72. The molecule has 0 amide bonds. The molecule has 0 aliphatic carbocycles. The Morgan fingerprint density at radius 2 is 2.46 bits per heavy atom. The summed E-state index contributed by atoms with van der Waals surface area (Å²) in [4.78, 5) is 4.17. The van der Waals surface area contributed by atoms with E-state index in [4.69, 9.17) is 9.26 Å². The smallest absolute Gasteiger partial charge is 0.243 e. The van der Waals surface area contributed by atoms with Crippen LogP contribution in [0.3, 0.4) is 0 Å². The zero-order chi connectivity index (χ0) is 9.26. The van der Waals surface area contributed by atoms with Gasteiger partial charge in [-0.05, 0) is 13.3 Å².